The molecule has 0 aromatic heterocycles. The molecule has 0 saturated carbocycles. The van der Waals surface area contributed by atoms with Crippen LogP contribution in [0.3, 0.4) is 0 Å². The predicted molar refractivity (Wildman–Crippen MR) is 107 cm³/mol. The van der Waals surface area contributed by atoms with Crippen molar-refractivity contribution < 1.29 is 17.7 Å². The third-order valence-electron chi connectivity index (χ3n) is 2.98. The Bertz CT molecular complexity index is 287. The van der Waals surface area contributed by atoms with Crippen LogP contribution >= 0.6 is 22.2 Å². The molecule has 24 heavy (non-hydrogen) atoms. The van der Waals surface area contributed by atoms with E-state index in [9.17, 15) is 0 Å². The molecule has 0 atom stereocenters. The molecule has 0 unspecified atom stereocenters. The van der Waals surface area contributed by atoms with Crippen molar-refractivity contribution in [1.82, 2.24) is 0 Å². The average molecular weight is 418 g/mol. The van der Waals surface area contributed by atoms with Gasteiger partial charge in [-0.15, -0.1) is 0 Å². The minimum Gasteiger partial charge on any atom is -0.383 e. The molecule has 0 bridgehead atoms. The molecule has 0 N–H and O–H groups in total. The number of rotatable bonds is 16. The van der Waals surface area contributed by atoms with E-state index >= 15 is 0 Å². The Morgan fingerprint density at radius 3 is 1.04 bits per heavy atom. The highest BCUT2D eigenvalue weighted by molar-refractivity contribution is 7.13. The number of hydrogen-bond donors (Lipinski definition) is 0. The molecular weight excluding hydrogens is 383 g/mol. The maximum absolute atomic E-state index is 6.57. The fraction of sp³-hybridized carbons (Fsp3) is 0.875. The Kier molecular flexibility index (Phi) is 15.1. The molecule has 0 fully saturated rings. The fourth-order valence-corrected chi connectivity index (χ4v) is 6.82. The predicted octanol–water partition coefficient (Wildman–Crippen LogP) is 5.60. The van der Waals surface area contributed by atoms with Gasteiger partial charge in [0.15, 0.2) is 0 Å². The van der Waals surface area contributed by atoms with E-state index < -0.39 is 15.7 Å². The van der Waals surface area contributed by atoms with Crippen LogP contribution in [0.25, 0.3) is 0 Å². The van der Waals surface area contributed by atoms with Crippen molar-refractivity contribution >= 4 is 37.9 Å². The van der Waals surface area contributed by atoms with E-state index in [2.05, 4.69) is 27.7 Å². The molecule has 8 heteroatoms. The summed E-state index contributed by atoms with van der Waals surface area (Å²) in [7, 11) is -5.32. The first-order valence-electron chi connectivity index (χ1n) is 9.03. The number of hydrogen-bond acceptors (Lipinski definition) is 4. The maximum atomic E-state index is 6.57. The van der Waals surface area contributed by atoms with E-state index in [0.29, 0.717) is 38.5 Å². The Hall–Kier alpha value is 0.594. The Morgan fingerprint density at radius 1 is 0.583 bits per heavy atom. The summed E-state index contributed by atoms with van der Waals surface area (Å²) in [4.78, 5) is 0. The second kappa shape index (κ2) is 14.7. The van der Waals surface area contributed by atoms with Gasteiger partial charge in [-0.05, 0) is 25.7 Å². The van der Waals surface area contributed by atoms with Crippen LogP contribution in [0.15, 0.2) is 12.2 Å². The summed E-state index contributed by atoms with van der Waals surface area (Å²) in [6.07, 6.45) is 7.70. The molecule has 4 nitrogen and oxygen atoms in total. The summed E-state index contributed by atoms with van der Waals surface area (Å²) in [5, 5.41) is 0. The van der Waals surface area contributed by atoms with Crippen molar-refractivity contribution in [3.8, 4) is 0 Å². The summed E-state index contributed by atoms with van der Waals surface area (Å²) in [6, 6.07) is 1.19. The molecule has 0 saturated heterocycles. The highest BCUT2D eigenvalue weighted by atomic mass is 35.6. The summed E-state index contributed by atoms with van der Waals surface area (Å²) in [5.41, 5.74) is 0. The topological polar surface area (TPSA) is 36.9 Å². The molecule has 144 valence electrons. The molecule has 0 aromatic rings. The standard InChI is InChI=1S/C16H34Cl2O4Si2/c1-5-11-19-23(17,20-12-6-2)15-9-10-16-24(18,21-13-7-3)22-14-8-4/h9-10H,5-8,11-16H2,1-4H3/b10-9+. The summed E-state index contributed by atoms with van der Waals surface area (Å²) < 4.78 is 23.2. The molecule has 0 aromatic carbocycles. The lowest BCUT2D eigenvalue weighted by atomic mass is 10.5. The lowest BCUT2D eigenvalue weighted by Crippen LogP contribution is -2.37. The van der Waals surface area contributed by atoms with Gasteiger partial charge in [0.25, 0.3) is 0 Å². The van der Waals surface area contributed by atoms with Crippen LogP contribution in [0.2, 0.25) is 12.1 Å². The van der Waals surface area contributed by atoms with Gasteiger partial charge >= 0.3 is 15.7 Å². The third-order valence-corrected chi connectivity index (χ3v) is 9.20. The van der Waals surface area contributed by atoms with E-state index in [1.807, 2.05) is 12.2 Å². The maximum Gasteiger partial charge on any atom is 0.447 e. The minimum absolute atomic E-state index is 0.595. The van der Waals surface area contributed by atoms with Gasteiger partial charge in [0.1, 0.15) is 0 Å². The van der Waals surface area contributed by atoms with E-state index in [4.69, 9.17) is 39.9 Å². The second-order valence-electron chi connectivity index (χ2n) is 5.59. The average Bonchev–Trinajstić information content (AvgIpc) is 2.59. The molecule has 0 aliphatic heterocycles. The largest absolute Gasteiger partial charge is 0.447 e. The smallest absolute Gasteiger partial charge is 0.383 e. The van der Waals surface area contributed by atoms with Crippen molar-refractivity contribution in [1.29, 1.82) is 0 Å². The summed E-state index contributed by atoms with van der Waals surface area (Å²) >= 11 is 13.1. The molecule has 0 spiro atoms. The lowest BCUT2D eigenvalue weighted by molar-refractivity contribution is 0.188. The van der Waals surface area contributed by atoms with E-state index in [0.717, 1.165) is 25.7 Å². The zero-order valence-corrected chi connectivity index (χ0v) is 19.1. The van der Waals surface area contributed by atoms with Gasteiger partial charge in [0, 0.05) is 38.5 Å². The third kappa shape index (κ3) is 12.0. The van der Waals surface area contributed by atoms with Crippen LogP contribution in [0, 0.1) is 0 Å². The zero-order chi connectivity index (χ0) is 18.3. The zero-order valence-electron chi connectivity index (χ0n) is 15.6. The Labute approximate surface area is 159 Å². The van der Waals surface area contributed by atoms with E-state index in [-0.39, 0.29) is 0 Å². The normalized spacial score (nSPS) is 13.1. The van der Waals surface area contributed by atoms with Gasteiger partial charge in [-0.1, -0.05) is 62.0 Å². The Balaban J connectivity index is 4.56. The first kappa shape index (κ1) is 24.6. The van der Waals surface area contributed by atoms with E-state index in [1.54, 1.807) is 0 Å². The second-order valence-corrected chi connectivity index (χ2v) is 13.7. The highest BCUT2D eigenvalue weighted by Gasteiger charge is 2.36. The minimum atomic E-state index is -2.66. The van der Waals surface area contributed by atoms with Crippen molar-refractivity contribution in [3.63, 3.8) is 0 Å². The van der Waals surface area contributed by atoms with Crippen LogP contribution in [-0.4, -0.2) is 42.2 Å². The molecule has 0 amide bonds. The van der Waals surface area contributed by atoms with Gasteiger partial charge in [-0.25, -0.2) is 0 Å². The van der Waals surface area contributed by atoms with Crippen molar-refractivity contribution in [3.05, 3.63) is 12.2 Å². The van der Waals surface area contributed by atoms with E-state index in [1.165, 1.54) is 0 Å². The highest BCUT2D eigenvalue weighted by Crippen LogP contribution is 2.23. The van der Waals surface area contributed by atoms with Crippen molar-refractivity contribution in [2.45, 2.75) is 65.5 Å². The molecule has 0 radical (unpaired) electrons. The molecule has 0 aliphatic carbocycles. The van der Waals surface area contributed by atoms with Crippen LogP contribution in [-0.2, 0) is 17.7 Å². The van der Waals surface area contributed by atoms with Crippen molar-refractivity contribution in [2.75, 3.05) is 26.4 Å². The fourth-order valence-electron chi connectivity index (χ4n) is 1.79. The summed E-state index contributed by atoms with van der Waals surface area (Å²) in [5.74, 6) is 0. The van der Waals surface area contributed by atoms with Gasteiger partial charge in [-0.3, -0.25) is 0 Å². The van der Waals surface area contributed by atoms with Crippen LogP contribution in [0.1, 0.15) is 53.4 Å². The quantitative estimate of drug-likeness (QED) is 0.186. The SMILES string of the molecule is CCCO[Si](Cl)(C/C=C/C[Si](Cl)(OCCC)OCCC)OCCC. The molecular formula is C16H34Cl2O4Si2. The van der Waals surface area contributed by atoms with Gasteiger partial charge < -0.3 is 17.7 Å². The monoisotopic (exact) mass is 416 g/mol. The van der Waals surface area contributed by atoms with Crippen LogP contribution < -0.4 is 0 Å². The molecule has 0 rings (SSSR count). The Morgan fingerprint density at radius 2 is 0.833 bits per heavy atom. The van der Waals surface area contributed by atoms with Gasteiger partial charge in [-0.2, -0.15) is 0 Å². The van der Waals surface area contributed by atoms with Crippen molar-refractivity contribution in [2.24, 2.45) is 0 Å². The molecule has 0 heterocycles. The first-order chi connectivity index (χ1) is 11.4. The van der Waals surface area contributed by atoms with Crippen LogP contribution in [0.4, 0.5) is 0 Å². The number of allylic oxidation sites excluding steroid dienone is 2. The van der Waals surface area contributed by atoms with Gasteiger partial charge in [0.05, 0.1) is 0 Å². The molecule has 0 aliphatic rings. The summed E-state index contributed by atoms with van der Waals surface area (Å²) in [6.45, 7) is 10.7. The first-order valence-corrected chi connectivity index (χ1v) is 15.1. The lowest BCUT2D eigenvalue weighted by Gasteiger charge is -2.24. The number of halogens is 2. The van der Waals surface area contributed by atoms with Crippen LogP contribution in [0.5, 0.6) is 0 Å². The van der Waals surface area contributed by atoms with Gasteiger partial charge in [0.2, 0.25) is 0 Å².